The zero-order chi connectivity index (χ0) is 23.7. The normalized spacial score (nSPS) is 19.0. The summed E-state index contributed by atoms with van der Waals surface area (Å²) in [7, 11) is 0. The van der Waals surface area contributed by atoms with Crippen LogP contribution in [-0.4, -0.2) is 61.7 Å². The lowest BCUT2D eigenvalue weighted by Gasteiger charge is -2.40. The molecule has 2 fully saturated rings. The molecule has 0 aliphatic carbocycles. The molecule has 7 heteroatoms. The summed E-state index contributed by atoms with van der Waals surface area (Å²) in [5.41, 5.74) is 4.89. The van der Waals surface area contributed by atoms with Gasteiger partial charge in [0.25, 0.3) is 0 Å². The van der Waals surface area contributed by atoms with Gasteiger partial charge in [0.15, 0.2) is 5.13 Å². The Morgan fingerprint density at radius 3 is 2.68 bits per heavy atom. The summed E-state index contributed by atoms with van der Waals surface area (Å²) in [6.45, 7) is 12.1. The molecule has 0 spiro atoms. The number of carbonyl (C=O) groups excluding carboxylic acids is 1. The number of anilines is 2. The molecule has 3 aromatic rings. The molecule has 2 aliphatic rings. The predicted molar refractivity (Wildman–Crippen MR) is 140 cm³/mol. The summed E-state index contributed by atoms with van der Waals surface area (Å²) >= 11 is 1.70. The molecule has 2 saturated heterocycles. The standard InChI is InChI=1S/C27H34N4O2S/c1-4-33-22-9-10-23-25(17-22)34-27(28-23)31-11-5-6-21(18-31)26(32)30-14-12-29(13-15-30)24-16-19(2)7-8-20(24)3/h7-10,16-17,21H,4-6,11-15,18H2,1-3H3/t21-/m1/s1. The lowest BCUT2D eigenvalue weighted by Crippen LogP contribution is -2.52. The fourth-order valence-corrected chi connectivity index (χ4v) is 6.15. The molecule has 0 unspecified atom stereocenters. The third-order valence-electron chi connectivity index (χ3n) is 7.00. The Morgan fingerprint density at radius 2 is 1.88 bits per heavy atom. The minimum Gasteiger partial charge on any atom is -0.494 e. The molecule has 1 aromatic heterocycles. The van der Waals surface area contributed by atoms with Crippen molar-refractivity contribution in [2.45, 2.75) is 33.6 Å². The van der Waals surface area contributed by atoms with Gasteiger partial charge < -0.3 is 19.4 Å². The molecule has 1 atom stereocenters. The number of aryl methyl sites for hydroxylation is 2. The van der Waals surface area contributed by atoms with Crippen molar-refractivity contribution in [3.63, 3.8) is 0 Å². The Labute approximate surface area is 206 Å². The average Bonchev–Trinajstić information content (AvgIpc) is 3.29. The first-order valence-corrected chi connectivity index (χ1v) is 13.2. The molecule has 34 heavy (non-hydrogen) atoms. The van der Waals surface area contributed by atoms with Gasteiger partial charge in [-0.2, -0.15) is 0 Å². The number of hydrogen-bond acceptors (Lipinski definition) is 6. The molecule has 0 radical (unpaired) electrons. The summed E-state index contributed by atoms with van der Waals surface area (Å²) in [6, 6.07) is 12.7. The Hall–Kier alpha value is -2.80. The maximum Gasteiger partial charge on any atom is 0.227 e. The molecule has 1 amide bonds. The van der Waals surface area contributed by atoms with Crippen LogP contribution in [0.25, 0.3) is 10.2 Å². The molecule has 2 aliphatic heterocycles. The molecule has 2 aromatic carbocycles. The van der Waals surface area contributed by atoms with Gasteiger partial charge in [-0.3, -0.25) is 4.79 Å². The van der Waals surface area contributed by atoms with Crippen molar-refractivity contribution < 1.29 is 9.53 Å². The smallest absolute Gasteiger partial charge is 0.227 e. The second-order valence-electron chi connectivity index (χ2n) is 9.45. The van der Waals surface area contributed by atoms with Gasteiger partial charge in [-0.15, -0.1) is 0 Å². The Morgan fingerprint density at radius 1 is 1.06 bits per heavy atom. The largest absolute Gasteiger partial charge is 0.494 e. The van der Waals surface area contributed by atoms with Gasteiger partial charge >= 0.3 is 0 Å². The van der Waals surface area contributed by atoms with E-state index in [0.29, 0.717) is 12.5 Å². The highest BCUT2D eigenvalue weighted by molar-refractivity contribution is 7.22. The molecule has 0 N–H and O–H groups in total. The predicted octanol–water partition coefficient (Wildman–Crippen LogP) is 4.88. The maximum atomic E-state index is 13.4. The number of piperazine rings is 1. The Balaban J connectivity index is 1.22. The molecular formula is C27H34N4O2S. The number of thiazole rings is 1. The highest BCUT2D eigenvalue weighted by Crippen LogP contribution is 2.34. The first-order chi connectivity index (χ1) is 16.5. The van der Waals surface area contributed by atoms with Crippen LogP contribution >= 0.6 is 11.3 Å². The number of piperidine rings is 1. The maximum absolute atomic E-state index is 13.4. The number of ether oxygens (including phenoxy) is 1. The lowest BCUT2D eigenvalue weighted by atomic mass is 9.96. The van der Waals surface area contributed by atoms with Crippen LogP contribution in [0.3, 0.4) is 0 Å². The van der Waals surface area contributed by atoms with Crippen molar-refractivity contribution in [1.82, 2.24) is 9.88 Å². The van der Waals surface area contributed by atoms with E-state index >= 15 is 0 Å². The highest BCUT2D eigenvalue weighted by Gasteiger charge is 2.32. The molecule has 180 valence electrons. The second-order valence-corrected chi connectivity index (χ2v) is 10.5. The zero-order valence-electron chi connectivity index (χ0n) is 20.4. The molecule has 3 heterocycles. The van der Waals surface area contributed by atoms with Crippen molar-refractivity contribution in [2.24, 2.45) is 5.92 Å². The van der Waals surface area contributed by atoms with E-state index < -0.39 is 0 Å². The van der Waals surface area contributed by atoms with Gasteiger partial charge in [0, 0.05) is 45.0 Å². The molecule has 5 rings (SSSR count). The van der Waals surface area contributed by atoms with E-state index in [2.05, 4.69) is 52.8 Å². The number of amides is 1. The second kappa shape index (κ2) is 9.82. The summed E-state index contributed by atoms with van der Waals surface area (Å²) in [4.78, 5) is 25.1. The van der Waals surface area contributed by atoms with Crippen molar-refractivity contribution >= 4 is 38.3 Å². The number of benzene rings is 2. The van der Waals surface area contributed by atoms with Crippen LogP contribution in [-0.2, 0) is 4.79 Å². The van der Waals surface area contributed by atoms with Crippen LogP contribution in [0.2, 0.25) is 0 Å². The van der Waals surface area contributed by atoms with Gasteiger partial charge in [0.1, 0.15) is 5.75 Å². The third kappa shape index (κ3) is 4.71. The summed E-state index contributed by atoms with van der Waals surface area (Å²) in [5.74, 6) is 1.24. The minimum atomic E-state index is 0.0482. The van der Waals surface area contributed by atoms with Crippen LogP contribution in [0.1, 0.15) is 30.9 Å². The number of carbonyl (C=O) groups is 1. The van der Waals surface area contributed by atoms with Gasteiger partial charge in [-0.25, -0.2) is 4.98 Å². The fraction of sp³-hybridized carbons (Fsp3) is 0.481. The monoisotopic (exact) mass is 478 g/mol. The van der Waals surface area contributed by atoms with Crippen molar-refractivity contribution in [3.8, 4) is 5.75 Å². The number of hydrogen-bond donors (Lipinski definition) is 0. The number of fused-ring (bicyclic) bond motifs is 1. The summed E-state index contributed by atoms with van der Waals surface area (Å²) in [6.07, 6.45) is 1.99. The van der Waals surface area contributed by atoms with E-state index in [1.54, 1.807) is 11.3 Å². The molecule has 6 nitrogen and oxygen atoms in total. The van der Waals surface area contributed by atoms with E-state index in [-0.39, 0.29) is 5.92 Å². The van der Waals surface area contributed by atoms with Crippen LogP contribution in [0, 0.1) is 19.8 Å². The zero-order valence-corrected chi connectivity index (χ0v) is 21.2. The van der Waals surface area contributed by atoms with Crippen LogP contribution in [0.15, 0.2) is 36.4 Å². The van der Waals surface area contributed by atoms with Crippen molar-refractivity contribution in [3.05, 3.63) is 47.5 Å². The minimum absolute atomic E-state index is 0.0482. The third-order valence-corrected chi connectivity index (χ3v) is 8.08. The van der Waals surface area contributed by atoms with E-state index in [4.69, 9.17) is 9.72 Å². The quantitative estimate of drug-likeness (QED) is 0.523. The van der Waals surface area contributed by atoms with Crippen molar-refractivity contribution in [2.75, 3.05) is 55.7 Å². The summed E-state index contributed by atoms with van der Waals surface area (Å²) in [5, 5.41) is 1.01. The van der Waals surface area contributed by atoms with E-state index in [0.717, 1.165) is 73.2 Å². The van der Waals surface area contributed by atoms with E-state index in [1.165, 1.54) is 16.8 Å². The fourth-order valence-electron chi connectivity index (χ4n) is 5.12. The first kappa shape index (κ1) is 23.0. The molecule has 0 bridgehead atoms. The van der Waals surface area contributed by atoms with Crippen LogP contribution < -0.4 is 14.5 Å². The van der Waals surface area contributed by atoms with E-state index in [1.807, 2.05) is 19.1 Å². The molecule has 0 saturated carbocycles. The van der Waals surface area contributed by atoms with E-state index in [9.17, 15) is 4.79 Å². The van der Waals surface area contributed by atoms with Gasteiger partial charge in [0.05, 0.1) is 22.7 Å². The first-order valence-electron chi connectivity index (χ1n) is 12.4. The Bertz CT molecular complexity index is 1170. The van der Waals surface area contributed by atoms with Crippen LogP contribution in [0.4, 0.5) is 10.8 Å². The Kier molecular flexibility index (Phi) is 6.63. The van der Waals surface area contributed by atoms with Crippen molar-refractivity contribution in [1.29, 1.82) is 0 Å². The van der Waals surface area contributed by atoms with Gasteiger partial charge in [-0.05, 0) is 69.0 Å². The topological polar surface area (TPSA) is 48.9 Å². The summed E-state index contributed by atoms with van der Waals surface area (Å²) < 4.78 is 6.78. The average molecular weight is 479 g/mol. The number of nitrogens with zero attached hydrogens (tertiary/aromatic N) is 4. The number of aromatic nitrogens is 1. The molecular weight excluding hydrogens is 444 g/mol. The highest BCUT2D eigenvalue weighted by atomic mass is 32.1. The van der Waals surface area contributed by atoms with Gasteiger partial charge in [-0.1, -0.05) is 23.5 Å². The van der Waals surface area contributed by atoms with Crippen LogP contribution in [0.5, 0.6) is 5.75 Å². The number of rotatable bonds is 5. The van der Waals surface area contributed by atoms with Gasteiger partial charge in [0.2, 0.25) is 5.91 Å². The lowest BCUT2D eigenvalue weighted by molar-refractivity contribution is -0.136. The SMILES string of the molecule is CCOc1ccc2nc(N3CCC[C@@H](C(=O)N4CCN(c5cc(C)ccc5C)CC4)C3)sc2c1.